The standard InChI is InChI=1S/C42H26N6/c1-4-13-27(14-5-1)40-44-41(28-15-6-2-7-16-28)46-42(45-40)48-35-21-11-10-19-30(35)31-22-23-33-37-32-20-12-26-43-34(32)24-25-36(37)47(39(33)38(31)48)29-17-8-3-9-18-29/h1-26H. The molecule has 0 aliphatic rings. The van der Waals surface area contributed by atoms with Gasteiger partial charge in [0, 0.05) is 49.9 Å². The monoisotopic (exact) mass is 614 g/mol. The Morgan fingerprint density at radius 1 is 0.396 bits per heavy atom. The molecule has 0 aliphatic heterocycles. The van der Waals surface area contributed by atoms with Crippen molar-refractivity contribution >= 4 is 54.5 Å². The predicted molar refractivity (Wildman–Crippen MR) is 195 cm³/mol. The number of hydrogen-bond acceptors (Lipinski definition) is 4. The van der Waals surface area contributed by atoms with Gasteiger partial charge in [0.2, 0.25) is 5.95 Å². The molecule has 0 bridgehead atoms. The minimum atomic E-state index is 0.567. The summed E-state index contributed by atoms with van der Waals surface area (Å²) in [5, 5.41) is 5.69. The highest BCUT2D eigenvalue weighted by Crippen LogP contribution is 2.43. The third kappa shape index (κ3) is 3.93. The Labute approximate surface area is 275 Å². The van der Waals surface area contributed by atoms with E-state index in [-0.39, 0.29) is 0 Å². The molecular weight excluding hydrogens is 589 g/mol. The molecular formula is C42H26N6. The molecule has 0 saturated carbocycles. The predicted octanol–water partition coefficient (Wildman–Crippen LogP) is 9.95. The van der Waals surface area contributed by atoms with E-state index in [0.717, 1.165) is 65.9 Å². The molecule has 0 atom stereocenters. The maximum Gasteiger partial charge on any atom is 0.238 e. The van der Waals surface area contributed by atoms with Crippen molar-refractivity contribution in [1.29, 1.82) is 0 Å². The molecule has 48 heavy (non-hydrogen) atoms. The van der Waals surface area contributed by atoms with Crippen LogP contribution in [0, 0.1) is 0 Å². The summed E-state index contributed by atoms with van der Waals surface area (Å²) in [5.41, 5.74) is 8.18. The SMILES string of the molecule is c1ccc(-c2nc(-c3ccccc3)nc(-n3c4ccccc4c4ccc5c6c7cccnc7ccc6n(-c6ccccc6)c5c43)n2)cc1. The molecule has 6 aromatic carbocycles. The highest BCUT2D eigenvalue weighted by molar-refractivity contribution is 6.28. The molecule has 0 aliphatic carbocycles. The summed E-state index contributed by atoms with van der Waals surface area (Å²) < 4.78 is 4.61. The molecule has 0 fully saturated rings. The maximum atomic E-state index is 5.21. The minimum Gasteiger partial charge on any atom is -0.307 e. The number of fused-ring (bicyclic) bond motifs is 9. The summed E-state index contributed by atoms with van der Waals surface area (Å²) in [6.07, 6.45) is 1.86. The van der Waals surface area contributed by atoms with Crippen LogP contribution in [-0.2, 0) is 0 Å². The highest BCUT2D eigenvalue weighted by Gasteiger charge is 2.24. The van der Waals surface area contributed by atoms with Gasteiger partial charge in [-0.2, -0.15) is 9.97 Å². The summed E-state index contributed by atoms with van der Waals surface area (Å²) in [6.45, 7) is 0. The Kier molecular flexibility index (Phi) is 5.77. The van der Waals surface area contributed by atoms with Crippen molar-refractivity contribution in [3.63, 3.8) is 0 Å². The summed E-state index contributed by atoms with van der Waals surface area (Å²) in [4.78, 5) is 20.1. The summed E-state index contributed by atoms with van der Waals surface area (Å²) in [6, 6.07) is 52.4. The smallest absolute Gasteiger partial charge is 0.238 e. The fraction of sp³-hybridized carbons (Fsp3) is 0. The number of benzene rings is 6. The van der Waals surface area contributed by atoms with E-state index in [0.29, 0.717) is 17.6 Å². The molecule has 0 unspecified atom stereocenters. The van der Waals surface area contributed by atoms with Gasteiger partial charge in [0.1, 0.15) is 0 Å². The van der Waals surface area contributed by atoms with E-state index in [9.17, 15) is 0 Å². The molecule has 10 aromatic rings. The quantitative estimate of drug-likeness (QED) is 0.198. The lowest BCUT2D eigenvalue weighted by molar-refractivity contribution is 0.953. The summed E-state index contributed by atoms with van der Waals surface area (Å²) in [5.74, 6) is 1.81. The van der Waals surface area contributed by atoms with E-state index in [1.165, 1.54) is 5.39 Å². The second-order valence-corrected chi connectivity index (χ2v) is 11.9. The first-order valence-electron chi connectivity index (χ1n) is 16.0. The first-order valence-corrected chi connectivity index (χ1v) is 16.0. The third-order valence-corrected chi connectivity index (χ3v) is 9.21. The lowest BCUT2D eigenvalue weighted by atomic mass is 10.1. The van der Waals surface area contributed by atoms with Gasteiger partial charge in [-0.1, -0.05) is 115 Å². The van der Waals surface area contributed by atoms with Crippen LogP contribution in [0.4, 0.5) is 0 Å². The van der Waals surface area contributed by atoms with E-state index in [1.54, 1.807) is 0 Å². The van der Waals surface area contributed by atoms with Crippen molar-refractivity contribution in [3.05, 3.63) is 158 Å². The minimum absolute atomic E-state index is 0.567. The average Bonchev–Trinajstić information content (AvgIpc) is 3.69. The molecule has 224 valence electrons. The van der Waals surface area contributed by atoms with Gasteiger partial charge in [0.05, 0.1) is 27.6 Å². The van der Waals surface area contributed by atoms with Crippen LogP contribution in [0.5, 0.6) is 0 Å². The molecule has 4 aromatic heterocycles. The Morgan fingerprint density at radius 2 is 1.00 bits per heavy atom. The lowest BCUT2D eigenvalue weighted by Gasteiger charge is -2.13. The van der Waals surface area contributed by atoms with Crippen LogP contribution in [0.1, 0.15) is 0 Å². The van der Waals surface area contributed by atoms with Gasteiger partial charge in [-0.3, -0.25) is 9.55 Å². The molecule has 6 nitrogen and oxygen atoms in total. The van der Waals surface area contributed by atoms with E-state index < -0.39 is 0 Å². The van der Waals surface area contributed by atoms with Crippen LogP contribution in [0.2, 0.25) is 0 Å². The van der Waals surface area contributed by atoms with Gasteiger partial charge in [0.15, 0.2) is 11.6 Å². The van der Waals surface area contributed by atoms with Gasteiger partial charge < -0.3 is 4.57 Å². The number of para-hydroxylation sites is 2. The molecule has 4 heterocycles. The maximum absolute atomic E-state index is 5.21. The molecule has 6 heteroatoms. The van der Waals surface area contributed by atoms with Gasteiger partial charge in [-0.05, 0) is 36.4 Å². The van der Waals surface area contributed by atoms with E-state index >= 15 is 0 Å². The number of pyridine rings is 1. The number of nitrogens with zero attached hydrogens (tertiary/aromatic N) is 6. The zero-order valence-electron chi connectivity index (χ0n) is 25.7. The average molecular weight is 615 g/mol. The zero-order valence-corrected chi connectivity index (χ0v) is 25.7. The van der Waals surface area contributed by atoms with Crippen LogP contribution in [0.15, 0.2) is 158 Å². The Balaban J connectivity index is 1.42. The molecule has 0 amide bonds. The molecule has 0 radical (unpaired) electrons. The lowest BCUT2D eigenvalue weighted by Crippen LogP contribution is -2.07. The van der Waals surface area contributed by atoms with Crippen molar-refractivity contribution < 1.29 is 0 Å². The van der Waals surface area contributed by atoms with Crippen LogP contribution >= 0.6 is 0 Å². The third-order valence-electron chi connectivity index (χ3n) is 9.21. The van der Waals surface area contributed by atoms with Crippen LogP contribution in [0.25, 0.3) is 88.9 Å². The first-order chi connectivity index (χ1) is 23.8. The highest BCUT2D eigenvalue weighted by atomic mass is 15.2. The van der Waals surface area contributed by atoms with Crippen molar-refractivity contribution in [2.45, 2.75) is 0 Å². The largest absolute Gasteiger partial charge is 0.307 e. The topological polar surface area (TPSA) is 61.4 Å². The number of aromatic nitrogens is 6. The Morgan fingerprint density at radius 3 is 1.73 bits per heavy atom. The van der Waals surface area contributed by atoms with Crippen LogP contribution in [-0.4, -0.2) is 29.1 Å². The molecule has 0 saturated heterocycles. The van der Waals surface area contributed by atoms with Gasteiger partial charge in [0.25, 0.3) is 0 Å². The molecule has 0 spiro atoms. The van der Waals surface area contributed by atoms with E-state index in [4.69, 9.17) is 19.9 Å². The van der Waals surface area contributed by atoms with Crippen LogP contribution in [0.3, 0.4) is 0 Å². The number of rotatable bonds is 4. The second-order valence-electron chi connectivity index (χ2n) is 11.9. The van der Waals surface area contributed by atoms with Crippen LogP contribution < -0.4 is 0 Å². The van der Waals surface area contributed by atoms with Crippen molar-refractivity contribution in [2.24, 2.45) is 0 Å². The number of hydrogen-bond donors (Lipinski definition) is 0. The zero-order chi connectivity index (χ0) is 31.6. The van der Waals surface area contributed by atoms with E-state index in [2.05, 4.69) is 94.1 Å². The fourth-order valence-corrected chi connectivity index (χ4v) is 7.15. The Bertz CT molecular complexity index is 2760. The van der Waals surface area contributed by atoms with Gasteiger partial charge in [-0.15, -0.1) is 0 Å². The normalized spacial score (nSPS) is 11.8. The van der Waals surface area contributed by atoms with Gasteiger partial charge in [-0.25, -0.2) is 4.98 Å². The Hall–Kier alpha value is -6.66. The molecule has 0 N–H and O–H groups in total. The van der Waals surface area contributed by atoms with Crippen molar-refractivity contribution in [1.82, 2.24) is 29.1 Å². The first kappa shape index (κ1) is 26.5. The summed E-state index contributed by atoms with van der Waals surface area (Å²) in [7, 11) is 0. The van der Waals surface area contributed by atoms with Gasteiger partial charge >= 0.3 is 0 Å². The van der Waals surface area contributed by atoms with E-state index in [1.807, 2.05) is 72.9 Å². The van der Waals surface area contributed by atoms with Crippen molar-refractivity contribution in [3.8, 4) is 34.4 Å². The molecule has 10 rings (SSSR count). The fourth-order valence-electron chi connectivity index (χ4n) is 7.15. The second kappa shape index (κ2) is 10.4. The van der Waals surface area contributed by atoms with Crippen molar-refractivity contribution in [2.75, 3.05) is 0 Å². The summed E-state index contributed by atoms with van der Waals surface area (Å²) >= 11 is 0.